The maximum Gasteiger partial charge on any atom is 0.410 e. The van der Waals surface area contributed by atoms with Crippen LogP contribution in [0, 0.1) is 5.92 Å². The van der Waals surface area contributed by atoms with Gasteiger partial charge in [-0.3, -0.25) is 0 Å². The number of hydrogen-bond acceptors (Lipinski definition) is 4. The number of piperidine rings is 1. The van der Waals surface area contributed by atoms with E-state index in [1.165, 1.54) is 0 Å². The van der Waals surface area contributed by atoms with E-state index >= 15 is 0 Å². The van der Waals surface area contributed by atoms with Crippen LogP contribution in [0.4, 0.5) is 4.79 Å². The molecule has 0 bridgehead atoms. The molecule has 0 atom stereocenters. The molecule has 2 saturated heterocycles. The molecule has 0 aliphatic carbocycles. The van der Waals surface area contributed by atoms with Gasteiger partial charge in [0.25, 0.3) is 0 Å². The van der Waals surface area contributed by atoms with Crippen molar-refractivity contribution >= 4 is 6.09 Å². The van der Waals surface area contributed by atoms with Gasteiger partial charge in [-0.25, -0.2) is 4.79 Å². The highest BCUT2D eigenvalue weighted by Gasteiger charge is 2.40. The lowest BCUT2D eigenvalue weighted by Crippen LogP contribution is -2.55. The topological polar surface area (TPSA) is 50.8 Å². The molecule has 2 aliphatic heterocycles. The Kier molecular flexibility index (Phi) is 4.59. The van der Waals surface area contributed by atoms with E-state index in [2.05, 4.69) is 5.32 Å². The molecule has 2 fully saturated rings. The van der Waals surface area contributed by atoms with Crippen molar-refractivity contribution in [3.63, 3.8) is 0 Å². The zero-order valence-corrected chi connectivity index (χ0v) is 13.2. The van der Waals surface area contributed by atoms with Crippen LogP contribution in [0.2, 0.25) is 0 Å². The van der Waals surface area contributed by atoms with Gasteiger partial charge in [0.2, 0.25) is 0 Å². The van der Waals surface area contributed by atoms with E-state index in [1.807, 2.05) is 27.9 Å². The minimum Gasteiger partial charge on any atom is -0.444 e. The van der Waals surface area contributed by atoms with E-state index in [0.717, 1.165) is 45.4 Å². The molecule has 0 aromatic heterocycles. The third-order valence-corrected chi connectivity index (χ3v) is 4.22. The van der Waals surface area contributed by atoms with E-state index in [4.69, 9.17) is 9.47 Å². The SMILES string of the molecule is COC1(CC2CN(C(=O)OC(C)(C)C)C2)CCNCC1. The second-order valence-corrected chi connectivity index (χ2v) is 7.09. The van der Waals surface area contributed by atoms with E-state index in [1.54, 1.807) is 4.90 Å². The zero-order chi connectivity index (χ0) is 14.8. The Labute approximate surface area is 122 Å². The number of ether oxygens (including phenoxy) is 2. The maximum atomic E-state index is 11.9. The van der Waals surface area contributed by atoms with Crippen molar-refractivity contribution < 1.29 is 14.3 Å². The normalized spacial score (nSPS) is 23.3. The molecule has 2 rings (SSSR count). The van der Waals surface area contributed by atoms with Gasteiger partial charge in [-0.2, -0.15) is 0 Å². The minimum atomic E-state index is -0.412. The molecule has 0 radical (unpaired) electrons. The summed E-state index contributed by atoms with van der Waals surface area (Å²) in [5.74, 6) is 0.542. The first-order chi connectivity index (χ1) is 9.34. The molecule has 116 valence electrons. The fourth-order valence-corrected chi connectivity index (χ4v) is 3.07. The van der Waals surface area contributed by atoms with Crippen LogP contribution < -0.4 is 5.32 Å². The van der Waals surface area contributed by atoms with Crippen LogP contribution in [0.3, 0.4) is 0 Å². The lowest BCUT2D eigenvalue weighted by molar-refractivity contribution is -0.0726. The van der Waals surface area contributed by atoms with Crippen LogP contribution in [-0.4, -0.2) is 55.5 Å². The first-order valence-electron chi connectivity index (χ1n) is 7.57. The van der Waals surface area contributed by atoms with E-state index in [9.17, 15) is 4.79 Å². The zero-order valence-electron chi connectivity index (χ0n) is 13.2. The fourth-order valence-electron chi connectivity index (χ4n) is 3.07. The number of likely N-dealkylation sites (tertiary alicyclic amines) is 1. The summed E-state index contributed by atoms with van der Waals surface area (Å²) < 4.78 is 11.2. The Balaban J connectivity index is 1.77. The predicted octanol–water partition coefficient (Wildman–Crippen LogP) is 2.01. The van der Waals surface area contributed by atoms with Crippen LogP contribution >= 0.6 is 0 Å². The second kappa shape index (κ2) is 5.90. The maximum absolute atomic E-state index is 11.9. The van der Waals surface area contributed by atoms with E-state index in [-0.39, 0.29) is 11.7 Å². The Hall–Kier alpha value is -0.810. The number of amides is 1. The molecule has 0 aromatic rings. The van der Waals surface area contributed by atoms with Crippen molar-refractivity contribution in [1.29, 1.82) is 0 Å². The van der Waals surface area contributed by atoms with Crippen LogP contribution in [-0.2, 0) is 9.47 Å². The van der Waals surface area contributed by atoms with Crippen molar-refractivity contribution in [3.8, 4) is 0 Å². The summed E-state index contributed by atoms with van der Waals surface area (Å²) in [6.07, 6.45) is 2.98. The summed E-state index contributed by atoms with van der Waals surface area (Å²) >= 11 is 0. The van der Waals surface area contributed by atoms with Crippen molar-refractivity contribution in [3.05, 3.63) is 0 Å². The van der Waals surface area contributed by atoms with Gasteiger partial charge in [-0.05, 0) is 59.0 Å². The second-order valence-electron chi connectivity index (χ2n) is 7.09. The Morgan fingerprint density at radius 3 is 2.40 bits per heavy atom. The Morgan fingerprint density at radius 1 is 1.30 bits per heavy atom. The largest absolute Gasteiger partial charge is 0.444 e. The van der Waals surface area contributed by atoms with Gasteiger partial charge in [0, 0.05) is 20.2 Å². The van der Waals surface area contributed by atoms with Crippen LogP contribution in [0.1, 0.15) is 40.0 Å². The average molecular weight is 284 g/mol. The van der Waals surface area contributed by atoms with Crippen molar-refractivity contribution in [2.45, 2.75) is 51.2 Å². The van der Waals surface area contributed by atoms with Crippen LogP contribution in [0.15, 0.2) is 0 Å². The molecule has 0 spiro atoms. The summed E-state index contributed by atoms with van der Waals surface area (Å²) in [6, 6.07) is 0. The predicted molar refractivity (Wildman–Crippen MR) is 77.8 cm³/mol. The molecule has 5 nitrogen and oxygen atoms in total. The highest BCUT2D eigenvalue weighted by Crippen LogP contribution is 2.34. The summed E-state index contributed by atoms with van der Waals surface area (Å²) in [6.45, 7) is 9.35. The number of rotatable bonds is 3. The molecule has 1 N–H and O–H groups in total. The quantitative estimate of drug-likeness (QED) is 0.861. The van der Waals surface area contributed by atoms with E-state index in [0.29, 0.717) is 5.92 Å². The van der Waals surface area contributed by atoms with Gasteiger partial charge in [0.15, 0.2) is 0 Å². The first kappa shape index (κ1) is 15.6. The number of nitrogens with one attached hydrogen (secondary N) is 1. The summed E-state index contributed by atoms with van der Waals surface area (Å²) in [5, 5.41) is 3.37. The summed E-state index contributed by atoms with van der Waals surface area (Å²) in [7, 11) is 1.82. The Bertz CT molecular complexity index is 340. The molecule has 0 aromatic carbocycles. The van der Waals surface area contributed by atoms with Gasteiger partial charge >= 0.3 is 6.09 Å². The Morgan fingerprint density at radius 2 is 1.90 bits per heavy atom. The number of carbonyl (C=O) groups excluding carboxylic acids is 1. The molecule has 2 aliphatic rings. The highest BCUT2D eigenvalue weighted by molar-refractivity contribution is 5.69. The number of methoxy groups -OCH3 is 1. The molecule has 20 heavy (non-hydrogen) atoms. The van der Waals surface area contributed by atoms with Crippen LogP contribution in [0.25, 0.3) is 0 Å². The van der Waals surface area contributed by atoms with Crippen molar-refractivity contribution in [2.75, 3.05) is 33.3 Å². The molecule has 0 unspecified atom stereocenters. The van der Waals surface area contributed by atoms with Crippen LogP contribution in [0.5, 0.6) is 0 Å². The molecular formula is C15H28N2O3. The van der Waals surface area contributed by atoms with Gasteiger partial charge in [0.1, 0.15) is 5.60 Å². The molecule has 5 heteroatoms. The van der Waals surface area contributed by atoms with Gasteiger partial charge in [-0.1, -0.05) is 0 Å². The summed E-state index contributed by atoms with van der Waals surface area (Å²) in [4.78, 5) is 13.7. The minimum absolute atomic E-state index is 0.00986. The monoisotopic (exact) mass is 284 g/mol. The van der Waals surface area contributed by atoms with Crippen molar-refractivity contribution in [1.82, 2.24) is 10.2 Å². The molecule has 1 amide bonds. The third kappa shape index (κ3) is 3.85. The molecule has 2 heterocycles. The molecule has 0 saturated carbocycles. The lowest BCUT2D eigenvalue weighted by atomic mass is 9.80. The van der Waals surface area contributed by atoms with Gasteiger partial charge in [0.05, 0.1) is 5.60 Å². The first-order valence-corrected chi connectivity index (χ1v) is 7.57. The number of nitrogens with zero attached hydrogens (tertiary/aromatic N) is 1. The molecular weight excluding hydrogens is 256 g/mol. The average Bonchev–Trinajstić information content (AvgIpc) is 2.32. The smallest absolute Gasteiger partial charge is 0.410 e. The standard InChI is InChI=1S/C15H28N2O3/c1-14(2,3)20-13(18)17-10-12(11-17)9-15(19-4)5-7-16-8-6-15/h12,16H,5-11H2,1-4H3. The van der Waals surface area contributed by atoms with E-state index < -0.39 is 5.60 Å². The number of carbonyl (C=O) groups is 1. The van der Waals surface area contributed by atoms with Gasteiger partial charge in [-0.15, -0.1) is 0 Å². The van der Waals surface area contributed by atoms with Gasteiger partial charge < -0.3 is 19.7 Å². The lowest BCUT2D eigenvalue weighted by Gasteiger charge is -2.45. The highest BCUT2D eigenvalue weighted by atomic mass is 16.6. The fraction of sp³-hybridized carbons (Fsp3) is 0.933. The third-order valence-electron chi connectivity index (χ3n) is 4.22. The van der Waals surface area contributed by atoms with Crippen molar-refractivity contribution in [2.24, 2.45) is 5.92 Å². The summed E-state index contributed by atoms with van der Waals surface area (Å²) in [5.41, 5.74) is -0.402. The number of hydrogen-bond donors (Lipinski definition) is 1.